The summed E-state index contributed by atoms with van der Waals surface area (Å²) in [6.07, 6.45) is 4.33. The standard InChI is InChI=1S/C27H18N6O6/c1-16-10-19(4-7-22(16)28-13-34)31-25(37)32(20-5-8-23(29-14-35)17(2)11-20)27(39)33(26(31)38)21-6-9-24(30-15-36)18(3)12-21/h4-12H,1-3H3. The van der Waals surface area contributed by atoms with Gasteiger partial charge in [-0.15, -0.1) is 0 Å². The zero-order chi connectivity index (χ0) is 28.3. The minimum absolute atomic E-state index is 0.118. The Kier molecular flexibility index (Phi) is 7.19. The van der Waals surface area contributed by atoms with Crippen LogP contribution in [0.15, 0.2) is 84.0 Å². The van der Waals surface area contributed by atoms with Gasteiger partial charge in [-0.3, -0.25) is 0 Å². The van der Waals surface area contributed by atoms with Gasteiger partial charge in [-0.05, 0) is 92.1 Å². The van der Waals surface area contributed by atoms with Crippen LogP contribution in [0.2, 0.25) is 0 Å². The van der Waals surface area contributed by atoms with E-state index in [-0.39, 0.29) is 17.1 Å². The Bertz CT molecular complexity index is 1720. The molecule has 0 aliphatic rings. The topological polar surface area (TPSA) is 154 Å². The van der Waals surface area contributed by atoms with Gasteiger partial charge in [0.1, 0.15) is 0 Å². The highest BCUT2D eigenvalue weighted by atomic mass is 16.2. The number of hydrogen-bond acceptors (Lipinski definition) is 9. The molecule has 0 radical (unpaired) electrons. The minimum Gasteiger partial charge on any atom is -0.246 e. The summed E-state index contributed by atoms with van der Waals surface area (Å²) in [5.74, 6) is 0. The number of nitrogens with zero attached hydrogens (tertiary/aromatic N) is 6. The van der Waals surface area contributed by atoms with Gasteiger partial charge in [0.05, 0.1) is 34.1 Å². The van der Waals surface area contributed by atoms with E-state index in [0.717, 1.165) is 13.7 Å². The van der Waals surface area contributed by atoms with Crippen molar-refractivity contribution >= 4 is 35.3 Å². The lowest BCUT2D eigenvalue weighted by Gasteiger charge is -2.16. The van der Waals surface area contributed by atoms with Crippen molar-refractivity contribution in [2.45, 2.75) is 20.8 Å². The van der Waals surface area contributed by atoms with Gasteiger partial charge in [0, 0.05) is 0 Å². The number of hydrogen-bond donors (Lipinski definition) is 0. The Morgan fingerprint density at radius 3 is 0.949 bits per heavy atom. The first-order valence-electron chi connectivity index (χ1n) is 11.3. The van der Waals surface area contributed by atoms with Crippen LogP contribution < -0.4 is 17.1 Å². The van der Waals surface area contributed by atoms with Crippen molar-refractivity contribution in [3.8, 4) is 17.1 Å². The third-order valence-corrected chi connectivity index (χ3v) is 5.96. The maximum absolute atomic E-state index is 13.7. The molecule has 0 saturated carbocycles. The Labute approximate surface area is 219 Å². The fraction of sp³-hybridized carbons (Fsp3) is 0.111. The molecule has 12 nitrogen and oxygen atoms in total. The molecule has 3 aromatic carbocycles. The number of aromatic nitrogens is 3. The normalized spacial score (nSPS) is 10.2. The first-order chi connectivity index (χ1) is 18.7. The molecule has 0 bridgehead atoms. The second-order valence-electron chi connectivity index (χ2n) is 8.38. The fourth-order valence-corrected chi connectivity index (χ4v) is 4.07. The molecule has 0 saturated heterocycles. The van der Waals surface area contributed by atoms with E-state index in [1.807, 2.05) is 0 Å². The summed E-state index contributed by atoms with van der Waals surface area (Å²) in [7, 11) is 0. The lowest BCUT2D eigenvalue weighted by atomic mass is 10.1. The highest BCUT2D eigenvalue weighted by Gasteiger charge is 2.20. The Morgan fingerprint density at radius 2 is 0.744 bits per heavy atom. The van der Waals surface area contributed by atoms with E-state index in [0.29, 0.717) is 33.8 Å². The van der Waals surface area contributed by atoms with E-state index < -0.39 is 17.1 Å². The second-order valence-corrected chi connectivity index (χ2v) is 8.38. The highest BCUT2D eigenvalue weighted by Crippen LogP contribution is 2.23. The van der Waals surface area contributed by atoms with Crippen molar-refractivity contribution < 1.29 is 14.4 Å². The molecule has 0 amide bonds. The number of aliphatic imine (C=N–C) groups is 3. The molecule has 0 fully saturated rings. The van der Waals surface area contributed by atoms with E-state index in [1.165, 1.54) is 72.8 Å². The number of aryl methyl sites for hydroxylation is 3. The zero-order valence-electron chi connectivity index (χ0n) is 20.8. The summed E-state index contributed by atoms with van der Waals surface area (Å²) in [6.45, 7) is 4.89. The fourth-order valence-electron chi connectivity index (χ4n) is 4.07. The van der Waals surface area contributed by atoms with E-state index in [4.69, 9.17) is 0 Å². The first-order valence-corrected chi connectivity index (χ1v) is 11.3. The van der Waals surface area contributed by atoms with E-state index in [2.05, 4.69) is 15.0 Å². The van der Waals surface area contributed by atoms with Gasteiger partial charge in [0.25, 0.3) is 0 Å². The third-order valence-electron chi connectivity index (χ3n) is 5.96. The smallest absolute Gasteiger partial charge is 0.246 e. The van der Waals surface area contributed by atoms with Crippen LogP contribution in [-0.4, -0.2) is 31.9 Å². The average Bonchev–Trinajstić information content (AvgIpc) is 2.89. The van der Waals surface area contributed by atoms with Crippen LogP contribution >= 0.6 is 0 Å². The molecule has 12 heteroatoms. The molecule has 0 atom stereocenters. The Balaban J connectivity index is 2.13. The lowest BCUT2D eigenvalue weighted by molar-refractivity contribution is 0.564. The molecule has 192 valence electrons. The van der Waals surface area contributed by atoms with Gasteiger partial charge in [0.2, 0.25) is 18.2 Å². The monoisotopic (exact) mass is 522 g/mol. The molecule has 1 heterocycles. The van der Waals surface area contributed by atoms with Crippen LogP contribution in [0.25, 0.3) is 17.1 Å². The summed E-state index contributed by atoms with van der Waals surface area (Å²) in [4.78, 5) is 84.1. The van der Waals surface area contributed by atoms with Crippen molar-refractivity contribution in [3.63, 3.8) is 0 Å². The van der Waals surface area contributed by atoms with Gasteiger partial charge in [-0.1, -0.05) is 0 Å². The van der Waals surface area contributed by atoms with Crippen LogP contribution in [0, 0.1) is 20.8 Å². The average molecular weight is 522 g/mol. The van der Waals surface area contributed by atoms with Crippen molar-refractivity contribution in [2.75, 3.05) is 0 Å². The number of benzene rings is 3. The van der Waals surface area contributed by atoms with Gasteiger partial charge in [-0.25, -0.2) is 42.5 Å². The van der Waals surface area contributed by atoms with Crippen LogP contribution in [0.3, 0.4) is 0 Å². The molecular formula is C27H18N6O6. The molecule has 0 aliphatic carbocycles. The largest absolute Gasteiger partial charge is 0.345 e. The van der Waals surface area contributed by atoms with Crippen LogP contribution in [0.5, 0.6) is 0 Å². The zero-order valence-corrected chi connectivity index (χ0v) is 20.8. The van der Waals surface area contributed by atoms with Gasteiger partial charge < -0.3 is 0 Å². The molecule has 0 aliphatic heterocycles. The first kappa shape index (κ1) is 26.3. The molecule has 0 N–H and O–H groups in total. The van der Waals surface area contributed by atoms with Gasteiger partial charge >= 0.3 is 17.1 Å². The molecule has 4 rings (SSSR count). The summed E-state index contributed by atoms with van der Waals surface area (Å²) >= 11 is 0. The van der Waals surface area contributed by atoms with E-state index >= 15 is 0 Å². The highest BCUT2D eigenvalue weighted by molar-refractivity contribution is 5.59. The van der Waals surface area contributed by atoms with Gasteiger partial charge in [-0.2, -0.15) is 15.0 Å². The SMILES string of the molecule is Cc1cc(-n2c(=O)n(-c3ccc(N=C=O)c(C)c3)c(=O)n(-c3ccc(N=C=O)c(C)c3)c2=O)ccc1N=C=O. The molecule has 39 heavy (non-hydrogen) atoms. The van der Waals surface area contributed by atoms with Crippen LogP contribution in [-0.2, 0) is 14.4 Å². The lowest BCUT2D eigenvalue weighted by Crippen LogP contribution is -2.52. The van der Waals surface area contributed by atoms with E-state index in [1.54, 1.807) is 20.8 Å². The predicted octanol–water partition coefficient (Wildman–Crippen LogP) is 2.97. The quantitative estimate of drug-likeness (QED) is 0.280. The van der Waals surface area contributed by atoms with Crippen molar-refractivity contribution in [1.29, 1.82) is 0 Å². The molecule has 4 aromatic rings. The summed E-state index contributed by atoms with van der Waals surface area (Å²) in [5.41, 5.74) is -0.224. The molecule has 0 spiro atoms. The maximum atomic E-state index is 13.7. The second kappa shape index (κ2) is 10.7. The number of rotatable bonds is 6. The van der Waals surface area contributed by atoms with Crippen molar-refractivity contribution in [2.24, 2.45) is 15.0 Å². The van der Waals surface area contributed by atoms with Gasteiger partial charge in [0.15, 0.2) is 0 Å². The summed E-state index contributed by atoms with van der Waals surface area (Å²) < 4.78 is 2.42. The van der Waals surface area contributed by atoms with Crippen LogP contribution in [0.4, 0.5) is 17.1 Å². The minimum atomic E-state index is -0.961. The molecule has 0 unspecified atom stereocenters. The summed E-state index contributed by atoms with van der Waals surface area (Å²) in [6, 6.07) is 13.0. The Hall–Kier alpha value is -5.79. The van der Waals surface area contributed by atoms with E-state index in [9.17, 15) is 28.8 Å². The van der Waals surface area contributed by atoms with Crippen molar-refractivity contribution in [3.05, 3.63) is 103 Å². The molecule has 1 aromatic heterocycles. The number of isocyanates is 3. The number of carbonyl (C=O) groups excluding carboxylic acids is 3. The molecular weight excluding hydrogens is 504 g/mol. The Morgan fingerprint density at radius 1 is 0.487 bits per heavy atom. The van der Waals surface area contributed by atoms with Crippen molar-refractivity contribution in [1.82, 2.24) is 13.7 Å². The van der Waals surface area contributed by atoms with Crippen LogP contribution in [0.1, 0.15) is 16.7 Å². The predicted molar refractivity (Wildman–Crippen MR) is 141 cm³/mol. The third kappa shape index (κ3) is 4.81. The maximum Gasteiger partial charge on any atom is 0.345 e. The summed E-state index contributed by atoms with van der Waals surface area (Å²) in [5, 5.41) is 0.